The molecule has 1 aromatic heterocycles. The molecule has 0 aliphatic carbocycles. The van der Waals surface area contributed by atoms with Crippen molar-refractivity contribution in [3.05, 3.63) is 50.7 Å². The van der Waals surface area contributed by atoms with Crippen molar-refractivity contribution in [3.63, 3.8) is 0 Å². The van der Waals surface area contributed by atoms with Crippen LogP contribution in [0.5, 0.6) is 0 Å². The normalized spacial score (nSPS) is 11.5. The number of anilines is 1. The zero-order valence-corrected chi connectivity index (χ0v) is 16.3. The second-order valence-electron chi connectivity index (χ2n) is 5.14. The minimum atomic E-state index is -1.34. The fourth-order valence-electron chi connectivity index (χ4n) is 2.00. The molecule has 11 heteroatoms. The van der Waals surface area contributed by atoms with Gasteiger partial charge in [0, 0.05) is 21.9 Å². The van der Waals surface area contributed by atoms with Gasteiger partial charge in [0.25, 0.3) is 11.8 Å². The van der Waals surface area contributed by atoms with Gasteiger partial charge in [0.15, 0.2) is 0 Å². The summed E-state index contributed by atoms with van der Waals surface area (Å²) in [6, 6.07) is 5.09. The molecule has 2 rings (SSSR count). The first-order valence-electron chi connectivity index (χ1n) is 7.12. The molecule has 0 radical (unpaired) electrons. The molecular weight excluding hydrogens is 451 g/mol. The highest BCUT2D eigenvalue weighted by Gasteiger charge is 2.21. The molecule has 1 atom stereocenters. The van der Waals surface area contributed by atoms with E-state index in [2.05, 4.69) is 26.7 Å². The minimum Gasteiger partial charge on any atom is -0.465 e. The number of amides is 3. The summed E-state index contributed by atoms with van der Waals surface area (Å²) < 4.78 is 1.59. The fraction of sp³-hybridized carbons (Fsp3) is 0.133. The number of nitrogens with zero attached hydrogens (tertiary/aromatic N) is 1. The average Bonchev–Trinajstić information content (AvgIpc) is 2.86. The van der Waals surface area contributed by atoms with Gasteiger partial charge in [-0.15, -0.1) is 0 Å². The van der Waals surface area contributed by atoms with E-state index in [1.165, 1.54) is 36.0 Å². The summed E-state index contributed by atoms with van der Waals surface area (Å²) in [5, 5.41) is 14.0. The number of aromatic nitrogens is 1. The van der Waals surface area contributed by atoms with Gasteiger partial charge in [-0.05, 0) is 47.1 Å². The third-order valence-corrected chi connectivity index (χ3v) is 4.21. The zero-order valence-electron chi connectivity index (χ0n) is 13.2. The second-order valence-corrected chi connectivity index (χ2v) is 6.87. The number of nitrogens with one attached hydrogen (secondary N) is 3. The molecule has 1 aromatic carbocycles. The highest BCUT2D eigenvalue weighted by Crippen LogP contribution is 2.24. The molecule has 1 unspecified atom stereocenters. The number of rotatable bonds is 5. The lowest BCUT2D eigenvalue weighted by molar-refractivity contribution is -0.118. The summed E-state index contributed by atoms with van der Waals surface area (Å²) in [6.45, 7) is 1.37. The maximum Gasteiger partial charge on any atom is 0.405 e. The van der Waals surface area contributed by atoms with Crippen LogP contribution in [0.15, 0.2) is 34.9 Å². The Bertz CT molecular complexity index is 851. The molecular formula is C15H13BrCl2N4O4. The predicted molar refractivity (Wildman–Crippen MR) is 102 cm³/mol. The third kappa shape index (κ3) is 5.13. The van der Waals surface area contributed by atoms with Crippen molar-refractivity contribution in [2.45, 2.75) is 13.0 Å². The second kappa shape index (κ2) is 8.43. The molecule has 0 bridgehead atoms. The van der Waals surface area contributed by atoms with Crippen LogP contribution in [0.4, 0.5) is 10.5 Å². The van der Waals surface area contributed by atoms with Gasteiger partial charge < -0.3 is 15.7 Å². The Kier molecular flexibility index (Phi) is 6.52. The van der Waals surface area contributed by atoms with Crippen LogP contribution in [-0.2, 0) is 4.79 Å². The summed E-state index contributed by atoms with van der Waals surface area (Å²) in [6.07, 6.45) is 0.104. The Morgan fingerprint density at radius 1 is 1.19 bits per heavy atom. The van der Waals surface area contributed by atoms with Gasteiger partial charge in [0.1, 0.15) is 11.7 Å². The number of benzene rings is 1. The first-order valence-corrected chi connectivity index (χ1v) is 8.67. The van der Waals surface area contributed by atoms with E-state index in [-0.39, 0.29) is 5.69 Å². The smallest absolute Gasteiger partial charge is 0.405 e. The van der Waals surface area contributed by atoms with E-state index in [0.717, 1.165) is 0 Å². The van der Waals surface area contributed by atoms with E-state index in [1.54, 1.807) is 6.07 Å². The van der Waals surface area contributed by atoms with E-state index >= 15 is 0 Å². The van der Waals surface area contributed by atoms with Crippen LogP contribution in [-0.4, -0.2) is 33.7 Å². The van der Waals surface area contributed by atoms with Gasteiger partial charge in [0.05, 0.1) is 4.47 Å². The molecule has 3 amide bonds. The topological polar surface area (TPSA) is 112 Å². The number of hydrogen-bond donors (Lipinski definition) is 4. The van der Waals surface area contributed by atoms with E-state index in [9.17, 15) is 14.4 Å². The lowest BCUT2D eigenvalue weighted by atomic mass is 10.3. The number of carboxylic acid groups (broad SMARTS) is 1. The monoisotopic (exact) mass is 462 g/mol. The maximum absolute atomic E-state index is 12.6. The van der Waals surface area contributed by atoms with Crippen molar-refractivity contribution in [1.29, 1.82) is 0 Å². The Hall–Kier alpha value is -2.23. The lowest BCUT2D eigenvalue weighted by Gasteiger charge is -2.15. The number of carbonyl (C=O) groups is 3. The Morgan fingerprint density at radius 3 is 2.38 bits per heavy atom. The molecule has 4 N–H and O–H groups in total. The van der Waals surface area contributed by atoms with E-state index in [4.69, 9.17) is 28.3 Å². The van der Waals surface area contributed by atoms with Crippen LogP contribution in [0.25, 0.3) is 0 Å². The number of halogens is 3. The largest absolute Gasteiger partial charge is 0.465 e. The Labute approximate surface area is 166 Å². The standard InChI is InChI=1S/C15H13BrCl2N4O4/c1-7(19-15(25)26)13(23)21-22-3-2-11(16)12(22)14(24)20-10-5-8(17)4-9(18)6-10/h2-7,19H,1H3,(H,20,24)(H,21,23)(H,25,26). The molecule has 138 valence electrons. The quantitative estimate of drug-likeness (QED) is 0.543. The molecule has 8 nitrogen and oxygen atoms in total. The van der Waals surface area contributed by atoms with Gasteiger partial charge in [-0.3, -0.25) is 19.7 Å². The molecule has 0 fully saturated rings. The summed E-state index contributed by atoms with van der Waals surface area (Å²) in [5.41, 5.74) is 2.90. The van der Waals surface area contributed by atoms with E-state index < -0.39 is 23.9 Å². The molecule has 2 aromatic rings. The molecule has 26 heavy (non-hydrogen) atoms. The lowest BCUT2D eigenvalue weighted by Crippen LogP contribution is -2.43. The van der Waals surface area contributed by atoms with Crippen molar-refractivity contribution in [2.24, 2.45) is 0 Å². The predicted octanol–water partition coefficient (Wildman–Crippen LogP) is 3.54. The number of carbonyl (C=O) groups excluding carboxylic acids is 2. The van der Waals surface area contributed by atoms with Crippen molar-refractivity contribution in [2.75, 3.05) is 10.7 Å². The van der Waals surface area contributed by atoms with Crippen LogP contribution in [0.1, 0.15) is 17.4 Å². The van der Waals surface area contributed by atoms with Crippen molar-refractivity contribution >= 4 is 62.7 Å². The molecule has 0 saturated carbocycles. The third-order valence-electron chi connectivity index (χ3n) is 3.14. The highest BCUT2D eigenvalue weighted by molar-refractivity contribution is 9.10. The van der Waals surface area contributed by atoms with E-state index in [0.29, 0.717) is 20.2 Å². The molecule has 1 heterocycles. The van der Waals surface area contributed by atoms with Crippen LogP contribution < -0.4 is 16.1 Å². The van der Waals surface area contributed by atoms with Gasteiger partial charge in [-0.25, -0.2) is 4.79 Å². The average molecular weight is 464 g/mol. The van der Waals surface area contributed by atoms with Gasteiger partial charge in [0.2, 0.25) is 0 Å². The zero-order chi connectivity index (χ0) is 19.4. The first kappa shape index (κ1) is 20.1. The van der Waals surface area contributed by atoms with Crippen molar-refractivity contribution < 1.29 is 19.5 Å². The van der Waals surface area contributed by atoms with Crippen molar-refractivity contribution in [1.82, 2.24) is 9.99 Å². The minimum absolute atomic E-state index is 0.0944. The van der Waals surface area contributed by atoms with Crippen LogP contribution in [0.3, 0.4) is 0 Å². The number of hydrogen-bond acceptors (Lipinski definition) is 3. The van der Waals surface area contributed by atoms with E-state index in [1.807, 2.05) is 5.32 Å². The van der Waals surface area contributed by atoms with Gasteiger partial charge in [-0.2, -0.15) is 0 Å². The molecule has 0 aliphatic heterocycles. The summed E-state index contributed by atoms with van der Waals surface area (Å²) in [4.78, 5) is 35.2. The summed E-state index contributed by atoms with van der Waals surface area (Å²) in [5.74, 6) is -1.19. The molecule has 0 spiro atoms. The van der Waals surface area contributed by atoms with Gasteiger partial charge in [-0.1, -0.05) is 23.2 Å². The summed E-state index contributed by atoms with van der Waals surface area (Å²) in [7, 11) is 0. The highest BCUT2D eigenvalue weighted by atomic mass is 79.9. The van der Waals surface area contributed by atoms with Crippen LogP contribution >= 0.6 is 39.1 Å². The molecule has 0 saturated heterocycles. The van der Waals surface area contributed by atoms with Crippen LogP contribution in [0.2, 0.25) is 10.0 Å². The SMILES string of the molecule is CC(NC(=O)O)C(=O)Nn1ccc(Br)c1C(=O)Nc1cc(Cl)cc(Cl)c1. The Balaban J connectivity index is 2.19. The first-order chi connectivity index (χ1) is 12.2. The fourth-order valence-corrected chi connectivity index (χ4v) is 3.02. The molecule has 0 aliphatic rings. The van der Waals surface area contributed by atoms with Gasteiger partial charge >= 0.3 is 6.09 Å². The Morgan fingerprint density at radius 2 is 1.81 bits per heavy atom. The van der Waals surface area contributed by atoms with Crippen LogP contribution in [0, 0.1) is 0 Å². The summed E-state index contributed by atoms with van der Waals surface area (Å²) >= 11 is 15.0. The maximum atomic E-state index is 12.6. The van der Waals surface area contributed by atoms with Crippen molar-refractivity contribution in [3.8, 4) is 0 Å².